The first-order valence-electron chi connectivity index (χ1n) is 5.94. The third kappa shape index (κ3) is 11.5. The fraction of sp³-hybridized carbons (Fsp3) is 0.833. The maximum Gasteiger partial charge on any atom is 0.0745 e. The number of rotatable bonds is 10. The molecule has 2 heteroatoms. The third-order valence-corrected chi connectivity index (χ3v) is 2.09. The summed E-state index contributed by atoms with van der Waals surface area (Å²) in [6, 6.07) is 0. The maximum absolute atomic E-state index is 5.22. The summed E-state index contributed by atoms with van der Waals surface area (Å²) in [4.78, 5) is 5.22. The zero-order valence-electron chi connectivity index (χ0n) is 9.72. The molecule has 0 radical (unpaired) electrons. The van der Waals surface area contributed by atoms with Crippen LogP contribution in [0, 0.1) is 0 Å². The topological polar surface area (TPSA) is 21.3 Å². The number of hydroxylamine groups is 1. The number of hydrogen-bond donors (Lipinski definition) is 1. The highest BCUT2D eigenvalue weighted by atomic mass is 16.6. The Hall–Kier alpha value is -0.500. The van der Waals surface area contributed by atoms with Crippen molar-refractivity contribution in [2.45, 2.75) is 58.8 Å². The Morgan fingerprint density at radius 1 is 1.00 bits per heavy atom. The van der Waals surface area contributed by atoms with Gasteiger partial charge in [-0.2, -0.15) is 0 Å². The van der Waals surface area contributed by atoms with Gasteiger partial charge < -0.3 is 0 Å². The number of nitrogens with one attached hydrogen (secondary N) is 1. The van der Waals surface area contributed by atoms with Crippen molar-refractivity contribution in [3.63, 3.8) is 0 Å². The molecule has 0 aliphatic carbocycles. The van der Waals surface area contributed by atoms with E-state index in [0.717, 1.165) is 19.4 Å². The summed E-state index contributed by atoms with van der Waals surface area (Å²) in [6.45, 7) is 5.24. The van der Waals surface area contributed by atoms with Crippen LogP contribution in [-0.4, -0.2) is 6.61 Å². The molecule has 0 aromatic carbocycles. The van der Waals surface area contributed by atoms with Gasteiger partial charge in [0.25, 0.3) is 0 Å². The molecule has 0 aromatic heterocycles. The lowest BCUT2D eigenvalue weighted by Gasteiger charge is -2.01. The Balaban J connectivity index is 2.94. The zero-order valence-corrected chi connectivity index (χ0v) is 9.72. The minimum absolute atomic E-state index is 0.818. The van der Waals surface area contributed by atoms with Gasteiger partial charge in [-0.15, -0.1) is 0 Å². The average molecular weight is 199 g/mol. The molecule has 0 amide bonds. The van der Waals surface area contributed by atoms with E-state index in [9.17, 15) is 0 Å². The number of allylic oxidation sites excluding steroid dienone is 1. The molecule has 0 saturated carbocycles. The second kappa shape index (κ2) is 12.5. The fourth-order valence-corrected chi connectivity index (χ4v) is 1.16. The molecule has 0 atom stereocenters. The molecular weight excluding hydrogens is 174 g/mol. The summed E-state index contributed by atoms with van der Waals surface area (Å²) in [5.74, 6) is 0. The Morgan fingerprint density at radius 3 is 2.50 bits per heavy atom. The normalized spacial score (nSPS) is 11.0. The minimum Gasteiger partial charge on any atom is -0.277 e. The summed E-state index contributed by atoms with van der Waals surface area (Å²) in [5, 5.41) is 0. The van der Waals surface area contributed by atoms with Gasteiger partial charge in [0.15, 0.2) is 0 Å². The molecular formula is C12H25NO. The predicted molar refractivity (Wildman–Crippen MR) is 61.9 cm³/mol. The van der Waals surface area contributed by atoms with E-state index < -0.39 is 0 Å². The highest BCUT2D eigenvalue weighted by Gasteiger charge is 1.86. The van der Waals surface area contributed by atoms with Crippen LogP contribution in [0.3, 0.4) is 0 Å². The minimum atomic E-state index is 0.818. The van der Waals surface area contributed by atoms with Gasteiger partial charge in [-0.1, -0.05) is 52.0 Å². The van der Waals surface area contributed by atoms with E-state index in [2.05, 4.69) is 25.4 Å². The van der Waals surface area contributed by atoms with Crippen LogP contribution in [0.25, 0.3) is 0 Å². The molecule has 0 aliphatic rings. The monoisotopic (exact) mass is 199 g/mol. The van der Waals surface area contributed by atoms with E-state index in [4.69, 9.17) is 4.84 Å². The van der Waals surface area contributed by atoms with Crippen LogP contribution in [0.1, 0.15) is 58.8 Å². The fourth-order valence-electron chi connectivity index (χ4n) is 1.16. The summed E-state index contributed by atoms with van der Waals surface area (Å²) >= 11 is 0. The summed E-state index contributed by atoms with van der Waals surface area (Å²) in [7, 11) is 0. The molecule has 0 unspecified atom stereocenters. The van der Waals surface area contributed by atoms with Gasteiger partial charge in [-0.05, 0) is 12.8 Å². The summed E-state index contributed by atoms with van der Waals surface area (Å²) in [6.07, 6.45) is 12.7. The predicted octanol–water partition coefficient (Wildman–Crippen LogP) is 3.79. The first-order valence-corrected chi connectivity index (χ1v) is 5.94. The quantitative estimate of drug-likeness (QED) is 0.427. The van der Waals surface area contributed by atoms with Crippen molar-refractivity contribution in [1.29, 1.82) is 0 Å². The van der Waals surface area contributed by atoms with Gasteiger partial charge in [-0.3, -0.25) is 10.3 Å². The van der Waals surface area contributed by atoms with Crippen molar-refractivity contribution in [2.24, 2.45) is 0 Å². The Labute approximate surface area is 88.7 Å². The standard InChI is InChI=1S/C12H25NO/c1-3-5-7-9-11-13-14-12-10-8-6-4-2/h9,11,13H,3-8,10,12H2,1-2H3/b11-9+. The molecule has 0 rings (SSSR count). The van der Waals surface area contributed by atoms with E-state index in [1.54, 1.807) is 0 Å². The van der Waals surface area contributed by atoms with Crippen LogP contribution in [0.5, 0.6) is 0 Å². The van der Waals surface area contributed by atoms with Crippen LogP contribution in [0.15, 0.2) is 12.3 Å². The summed E-state index contributed by atoms with van der Waals surface area (Å²) < 4.78 is 0. The molecule has 0 bridgehead atoms. The van der Waals surface area contributed by atoms with E-state index in [1.165, 1.54) is 32.1 Å². The van der Waals surface area contributed by atoms with Crippen LogP contribution in [0.2, 0.25) is 0 Å². The van der Waals surface area contributed by atoms with Gasteiger partial charge in [0, 0.05) is 6.20 Å². The number of unbranched alkanes of at least 4 members (excludes halogenated alkanes) is 5. The summed E-state index contributed by atoms with van der Waals surface area (Å²) in [5.41, 5.74) is 2.84. The lowest BCUT2D eigenvalue weighted by atomic mass is 10.2. The van der Waals surface area contributed by atoms with E-state index in [0.29, 0.717) is 0 Å². The molecule has 0 fully saturated rings. The van der Waals surface area contributed by atoms with Crippen molar-refractivity contribution in [3.05, 3.63) is 12.3 Å². The molecule has 2 nitrogen and oxygen atoms in total. The largest absolute Gasteiger partial charge is 0.277 e. The van der Waals surface area contributed by atoms with Crippen LogP contribution >= 0.6 is 0 Å². The first kappa shape index (κ1) is 13.5. The van der Waals surface area contributed by atoms with E-state index >= 15 is 0 Å². The van der Waals surface area contributed by atoms with Crippen LogP contribution in [-0.2, 0) is 4.84 Å². The molecule has 1 N–H and O–H groups in total. The number of hydrogen-bond acceptors (Lipinski definition) is 2. The third-order valence-electron chi connectivity index (χ3n) is 2.09. The van der Waals surface area contributed by atoms with Crippen molar-refractivity contribution >= 4 is 0 Å². The van der Waals surface area contributed by atoms with Crippen molar-refractivity contribution in [1.82, 2.24) is 5.48 Å². The van der Waals surface area contributed by atoms with Crippen molar-refractivity contribution < 1.29 is 4.84 Å². The molecule has 0 aliphatic heterocycles. The lowest BCUT2D eigenvalue weighted by molar-refractivity contribution is 0.0679. The highest BCUT2D eigenvalue weighted by Crippen LogP contribution is 1.98. The Bertz CT molecular complexity index is 123. The van der Waals surface area contributed by atoms with Gasteiger partial charge in [-0.25, -0.2) is 0 Å². The van der Waals surface area contributed by atoms with Gasteiger partial charge in [0.1, 0.15) is 0 Å². The Morgan fingerprint density at radius 2 is 1.79 bits per heavy atom. The Kier molecular flexibility index (Phi) is 12.1. The van der Waals surface area contributed by atoms with Crippen LogP contribution in [0.4, 0.5) is 0 Å². The SMILES string of the molecule is CCCC/C=C/NOCCCCCC. The average Bonchev–Trinajstić information content (AvgIpc) is 2.21. The van der Waals surface area contributed by atoms with Gasteiger partial charge in [0.2, 0.25) is 0 Å². The lowest BCUT2D eigenvalue weighted by Crippen LogP contribution is -2.07. The van der Waals surface area contributed by atoms with E-state index in [1.807, 2.05) is 6.20 Å². The van der Waals surface area contributed by atoms with Crippen LogP contribution < -0.4 is 5.48 Å². The van der Waals surface area contributed by atoms with Crippen molar-refractivity contribution in [2.75, 3.05) is 6.61 Å². The molecule has 84 valence electrons. The maximum atomic E-state index is 5.22. The highest BCUT2D eigenvalue weighted by molar-refractivity contribution is 4.75. The molecule has 14 heavy (non-hydrogen) atoms. The van der Waals surface area contributed by atoms with Gasteiger partial charge >= 0.3 is 0 Å². The molecule has 0 heterocycles. The molecule has 0 spiro atoms. The molecule has 0 saturated heterocycles. The van der Waals surface area contributed by atoms with E-state index in [-0.39, 0.29) is 0 Å². The smallest absolute Gasteiger partial charge is 0.0745 e. The second-order valence-corrected chi connectivity index (χ2v) is 3.57. The van der Waals surface area contributed by atoms with Gasteiger partial charge in [0.05, 0.1) is 6.61 Å². The van der Waals surface area contributed by atoms with Crippen molar-refractivity contribution in [3.8, 4) is 0 Å². The first-order chi connectivity index (χ1) is 6.91. The second-order valence-electron chi connectivity index (χ2n) is 3.57. The zero-order chi connectivity index (χ0) is 10.5. The molecule has 0 aromatic rings.